The molecule has 0 amide bonds. The summed E-state index contributed by atoms with van der Waals surface area (Å²) in [6.45, 7) is 10.3. The third kappa shape index (κ3) is 4.17. The van der Waals surface area contributed by atoms with Crippen molar-refractivity contribution in [2.24, 2.45) is 0 Å². The van der Waals surface area contributed by atoms with Gasteiger partial charge in [0.15, 0.2) is 0 Å². The van der Waals surface area contributed by atoms with Crippen LogP contribution in [-0.2, 0) is 0 Å². The highest BCUT2D eigenvalue weighted by molar-refractivity contribution is 5.16. The summed E-state index contributed by atoms with van der Waals surface area (Å²) in [4.78, 5) is 0. The lowest BCUT2D eigenvalue weighted by Gasteiger charge is -2.05. The molecule has 0 radical (unpaired) electrons. The smallest absolute Gasteiger partial charge is 0.0133 e. The maximum Gasteiger partial charge on any atom is -0.0133 e. The van der Waals surface area contributed by atoms with E-state index in [2.05, 4.69) is 33.4 Å². The average molecular weight is 164 g/mol. The van der Waals surface area contributed by atoms with E-state index in [-0.39, 0.29) is 0 Å². The lowest BCUT2D eigenvalue weighted by Crippen LogP contribution is -1.84. The molecule has 0 aromatic heterocycles. The number of hydrogen-bond acceptors (Lipinski definition) is 0. The van der Waals surface area contributed by atoms with Crippen LogP contribution in [0.1, 0.15) is 40.0 Å². The van der Waals surface area contributed by atoms with Crippen molar-refractivity contribution < 1.29 is 0 Å². The average Bonchev–Trinajstić information content (AvgIpc) is 2.11. The Bertz CT molecular complexity index is 182. The summed E-state index contributed by atoms with van der Waals surface area (Å²) in [5, 5.41) is 0. The first-order valence-corrected chi connectivity index (χ1v) is 4.71. The lowest BCUT2D eigenvalue weighted by atomic mass is 10.0. The van der Waals surface area contributed by atoms with Crippen molar-refractivity contribution in [3.63, 3.8) is 0 Å². The molecule has 0 N–H and O–H groups in total. The van der Waals surface area contributed by atoms with Crippen molar-refractivity contribution in [2.45, 2.75) is 40.0 Å². The Morgan fingerprint density at radius 1 is 1.25 bits per heavy atom. The zero-order chi connectivity index (χ0) is 9.40. The highest BCUT2D eigenvalue weighted by Crippen LogP contribution is 2.15. The third-order valence-corrected chi connectivity index (χ3v) is 2.20. The van der Waals surface area contributed by atoms with E-state index in [9.17, 15) is 0 Å². The van der Waals surface area contributed by atoms with Gasteiger partial charge in [-0.1, -0.05) is 49.8 Å². The fraction of sp³-hybridized carbons (Fsp3) is 0.500. The third-order valence-electron chi connectivity index (χ3n) is 2.20. The second-order valence-electron chi connectivity index (χ2n) is 2.96. The molecule has 0 saturated carbocycles. The minimum Gasteiger partial charge on any atom is -0.0991 e. The van der Waals surface area contributed by atoms with Gasteiger partial charge in [0.1, 0.15) is 0 Å². The molecule has 0 aliphatic rings. The summed E-state index contributed by atoms with van der Waals surface area (Å²) >= 11 is 0. The normalized spacial score (nSPS) is 13.2. The minimum absolute atomic E-state index is 1.09. The van der Waals surface area contributed by atoms with Gasteiger partial charge in [0.25, 0.3) is 0 Å². The first-order valence-electron chi connectivity index (χ1n) is 4.71. The Kier molecular flexibility index (Phi) is 6.45. The Hall–Kier alpha value is -0.780. The van der Waals surface area contributed by atoms with Crippen molar-refractivity contribution in [2.75, 3.05) is 0 Å². The summed E-state index contributed by atoms with van der Waals surface area (Å²) < 4.78 is 0. The predicted octanol–water partition coefficient (Wildman–Crippen LogP) is 4.26. The number of allylic oxidation sites excluding steroid dienone is 5. The van der Waals surface area contributed by atoms with E-state index in [1.165, 1.54) is 18.4 Å². The largest absolute Gasteiger partial charge is 0.0991 e. The Morgan fingerprint density at radius 2 is 1.92 bits per heavy atom. The van der Waals surface area contributed by atoms with Gasteiger partial charge >= 0.3 is 0 Å². The standard InChI is InChI=1S/C12H20/c1-5-8-9-10-12(7-3)11(4)6-2/h5,8-9H,1,6-7,10H2,2-4H3/b9-8-,12-11-. The molecule has 68 valence electrons. The molecule has 0 aliphatic heterocycles. The molecule has 0 heteroatoms. The molecule has 0 bridgehead atoms. The lowest BCUT2D eigenvalue weighted by molar-refractivity contribution is 0.945. The van der Waals surface area contributed by atoms with Gasteiger partial charge in [-0.3, -0.25) is 0 Å². The van der Waals surface area contributed by atoms with Gasteiger partial charge in [0.2, 0.25) is 0 Å². The summed E-state index contributed by atoms with van der Waals surface area (Å²) in [7, 11) is 0. The molecular formula is C12H20. The van der Waals surface area contributed by atoms with Gasteiger partial charge in [-0.2, -0.15) is 0 Å². The Morgan fingerprint density at radius 3 is 2.33 bits per heavy atom. The second kappa shape index (κ2) is 6.90. The molecule has 12 heavy (non-hydrogen) atoms. The summed E-state index contributed by atoms with van der Waals surface area (Å²) in [6, 6.07) is 0. The van der Waals surface area contributed by atoms with E-state index in [4.69, 9.17) is 0 Å². The molecule has 0 spiro atoms. The van der Waals surface area contributed by atoms with Gasteiger partial charge in [-0.15, -0.1) is 0 Å². The molecule has 0 rings (SSSR count). The van der Waals surface area contributed by atoms with E-state index in [0.717, 1.165) is 6.42 Å². The first-order chi connectivity index (χ1) is 5.76. The first kappa shape index (κ1) is 11.2. The van der Waals surface area contributed by atoms with E-state index < -0.39 is 0 Å². The molecule has 0 heterocycles. The summed E-state index contributed by atoms with van der Waals surface area (Å²) in [6.07, 6.45) is 9.44. The van der Waals surface area contributed by atoms with Crippen LogP contribution in [0.2, 0.25) is 0 Å². The topological polar surface area (TPSA) is 0 Å². The maximum absolute atomic E-state index is 3.65. The monoisotopic (exact) mass is 164 g/mol. The molecule has 0 aromatic carbocycles. The van der Waals surface area contributed by atoms with Gasteiger partial charge in [-0.25, -0.2) is 0 Å². The van der Waals surface area contributed by atoms with Crippen molar-refractivity contribution in [3.8, 4) is 0 Å². The zero-order valence-corrected chi connectivity index (χ0v) is 8.56. The van der Waals surface area contributed by atoms with E-state index in [0.29, 0.717) is 0 Å². The molecule has 0 aromatic rings. The Labute approximate surface area is 76.7 Å². The maximum atomic E-state index is 3.65. The van der Waals surface area contributed by atoms with Crippen molar-refractivity contribution >= 4 is 0 Å². The van der Waals surface area contributed by atoms with Gasteiger partial charge in [0.05, 0.1) is 0 Å². The Balaban J connectivity index is 4.16. The van der Waals surface area contributed by atoms with Gasteiger partial charge in [0, 0.05) is 0 Å². The molecule has 0 fully saturated rings. The molecule has 0 atom stereocenters. The summed E-state index contributed by atoms with van der Waals surface area (Å²) in [5.41, 5.74) is 3.10. The highest BCUT2D eigenvalue weighted by Gasteiger charge is 1.95. The minimum atomic E-state index is 1.09. The zero-order valence-electron chi connectivity index (χ0n) is 8.56. The van der Waals surface area contributed by atoms with Crippen LogP contribution in [0.25, 0.3) is 0 Å². The molecule has 0 unspecified atom stereocenters. The number of rotatable bonds is 5. The van der Waals surface area contributed by atoms with E-state index >= 15 is 0 Å². The van der Waals surface area contributed by atoms with Crippen LogP contribution in [0.4, 0.5) is 0 Å². The van der Waals surface area contributed by atoms with Gasteiger partial charge in [-0.05, 0) is 26.2 Å². The quantitative estimate of drug-likeness (QED) is 0.421. The fourth-order valence-electron chi connectivity index (χ4n) is 1.18. The fourth-order valence-corrected chi connectivity index (χ4v) is 1.18. The number of hydrogen-bond donors (Lipinski definition) is 0. The summed E-state index contributed by atoms with van der Waals surface area (Å²) in [5.74, 6) is 0. The van der Waals surface area contributed by atoms with Crippen molar-refractivity contribution in [3.05, 3.63) is 36.0 Å². The predicted molar refractivity (Wildman–Crippen MR) is 57.2 cm³/mol. The van der Waals surface area contributed by atoms with E-state index in [1.54, 1.807) is 5.57 Å². The van der Waals surface area contributed by atoms with Crippen molar-refractivity contribution in [1.82, 2.24) is 0 Å². The SMILES string of the molecule is C=C/C=C\C/C(CC)=C(/C)CC. The molecule has 0 aliphatic carbocycles. The van der Waals surface area contributed by atoms with Gasteiger partial charge < -0.3 is 0 Å². The van der Waals surface area contributed by atoms with Crippen LogP contribution in [0.3, 0.4) is 0 Å². The molecule has 0 nitrogen and oxygen atoms in total. The molecular weight excluding hydrogens is 144 g/mol. The van der Waals surface area contributed by atoms with Crippen LogP contribution in [-0.4, -0.2) is 0 Å². The van der Waals surface area contributed by atoms with Crippen LogP contribution in [0, 0.1) is 0 Å². The van der Waals surface area contributed by atoms with E-state index in [1.807, 2.05) is 12.2 Å². The van der Waals surface area contributed by atoms with Crippen LogP contribution in [0.5, 0.6) is 0 Å². The second-order valence-corrected chi connectivity index (χ2v) is 2.96. The molecule has 0 saturated heterocycles. The van der Waals surface area contributed by atoms with Crippen LogP contribution in [0.15, 0.2) is 36.0 Å². The highest BCUT2D eigenvalue weighted by atomic mass is 14.0. The van der Waals surface area contributed by atoms with Crippen LogP contribution < -0.4 is 0 Å². The van der Waals surface area contributed by atoms with Crippen LogP contribution >= 0.6 is 0 Å². The van der Waals surface area contributed by atoms with Crippen molar-refractivity contribution in [1.29, 1.82) is 0 Å².